The molecule has 5 nitrogen and oxygen atoms in total. The second-order valence-corrected chi connectivity index (χ2v) is 7.38. The Morgan fingerprint density at radius 2 is 2.20 bits per heavy atom. The number of nitrogens with zero attached hydrogens (tertiary/aromatic N) is 1. The summed E-state index contributed by atoms with van der Waals surface area (Å²) in [4.78, 5) is 0.252. The maximum absolute atomic E-state index is 12.5. The number of ether oxygens (including phenoxy) is 1. The van der Waals surface area contributed by atoms with Gasteiger partial charge in [-0.15, -0.1) is 0 Å². The van der Waals surface area contributed by atoms with Crippen molar-refractivity contribution in [2.24, 2.45) is 0 Å². The molecule has 1 aliphatic rings. The number of hydrogen-bond acceptors (Lipinski definition) is 4. The topological polar surface area (TPSA) is 72.6 Å². The molecule has 1 aliphatic heterocycles. The second-order valence-electron chi connectivity index (χ2n) is 4.59. The Morgan fingerprint density at radius 3 is 2.75 bits per heavy atom. The van der Waals surface area contributed by atoms with Crippen LogP contribution < -0.4 is 5.73 Å². The van der Waals surface area contributed by atoms with Crippen LogP contribution in [0.15, 0.2) is 39.2 Å². The summed E-state index contributed by atoms with van der Waals surface area (Å²) in [5.41, 5.74) is 7.34. The lowest BCUT2D eigenvalue weighted by molar-refractivity contribution is 0.219. The van der Waals surface area contributed by atoms with Gasteiger partial charge in [-0.3, -0.25) is 0 Å². The Bertz CT molecular complexity index is 629. The van der Waals surface area contributed by atoms with Gasteiger partial charge in [0.25, 0.3) is 0 Å². The van der Waals surface area contributed by atoms with Gasteiger partial charge in [-0.1, -0.05) is 6.08 Å². The van der Waals surface area contributed by atoms with Crippen molar-refractivity contribution < 1.29 is 13.2 Å². The zero-order chi connectivity index (χ0) is 14.8. The molecule has 0 aliphatic carbocycles. The average molecular weight is 361 g/mol. The number of halogens is 1. The molecule has 0 radical (unpaired) electrons. The Kier molecular flexibility index (Phi) is 4.85. The number of benzene rings is 1. The summed E-state index contributed by atoms with van der Waals surface area (Å²) in [6.45, 7) is 1.41. The standard InChI is InChI=1S/C13H17BrN2O3S/c1-19-9-10-4-6-16(7-5-10)20(17,18)11-2-3-13(15)12(14)8-11/h2-4,8H,5-7,9,15H2,1H3. The molecule has 0 fully saturated rings. The number of methoxy groups -OCH3 is 1. The van der Waals surface area contributed by atoms with E-state index >= 15 is 0 Å². The summed E-state index contributed by atoms with van der Waals surface area (Å²) < 4.78 is 32.1. The minimum atomic E-state index is -3.48. The maximum atomic E-state index is 12.5. The van der Waals surface area contributed by atoms with Crippen LogP contribution in [0, 0.1) is 0 Å². The average Bonchev–Trinajstić information content (AvgIpc) is 2.43. The SMILES string of the molecule is COCC1=CCN(S(=O)(=O)c2ccc(N)c(Br)c2)CC1. The summed E-state index contributed by atoms with van der Waals surface area (Å²) in [5.74, 6) is 0. The molecular weight excluding hydrogens is 344 g/mol. The number of rotatable bonds is 4. The van der Waals surface area contributed by atoms with Crippen LogP contribution in [0.5, 0.6) is 0 Å². The lowest BCUT2D eigenvalue weighted by Crippen LogP contribution is -2.35. The lowest BCUT2D eigenvalue weighted by Gasteiger charge is -2.25. The van der Waals surface area contributed by atoms with Gasteiger partial charge >= 0.3 is 0 Å². The fourth-order valence-electron chi connectivity index (χ4n) is 2.04. The predicted molar refractivity (Wildman–Crippen MR) is 81.9 cm³/mol. The van der Waals surface area contributed by atoms with E-state index in [-0.39, 0.29) is 4.90 Å². The van der Waals surface area contributed by atoms with Gasteiger partial charge in [0.1, 0.15) is 0 Å². The van der Waals surface area contributed by atoms with E-state index in [0.29, 0.717) is 36.3 Å². The first-order chi connectivity index (χ1) is 9.45. The molecule has 1 heterocycles. The molecule has 0 saturated heterocycles. The minimum Gasteiger partial charge on any atom is -0.398 e. The van der Waals surface area contributed by atoms with Crippen molar-refractivity contribution in [2.75, 3.05) is 32.5 Å². The highest BCUT2D eigenvalue weighted by atomic mass is 79.9. The van der Waals surface area contributed by atoms with Gasteiger partial charge in [-0.25, -0.2) is 8.42 Å². The highest BCUT2D eigenvalue weighted by Crippen LogP contribution is 2.26. The van der Waals surface area contributed by atoms with Crippen molar-refractivity contribution in [3.05, 3.63) is 34.3 Å². The fourth-order valence-corrected chi connectivity index (χ4v) is 3.98. The van der Waals surface area contributed by atoms with E-state index in [0.717, 1.165) is 5.57 Å². The first kappa shape index (κ1) is 15.5. The van der Waals surface area contributed by atoms with Crippen molar-refractivity contribution >= 4 is 31.6 Å². The van der Waals surface area contributed by atoms with Crippen molar-refractivity contribution in [1.82, 2.24) is 4.31 Å². The van der Waals surface area contributed by atoms with Crippen LogP contribution in [0.25, 0.3) is 0 Å². The summed E-state index contributed by atoms with van der Waals surface area (Å²) in [7, 11) is -1.84. The first-order valence-electron chi connectivity index (χ1n) is 6.17. The number of nitrogens with two attached hydrogens (primary N) is 1. The monoisotopic (exact) mass is 360 g/mol. The van der Waals surface area contributed by atoms with Gasteiger partial charge in [-0.05, 0) is 46.1 Å². The van der Waals surface area contributed by atoms with Gasteiger partial charge in [0, 0.05) is 30.4 Å². The molecule has 0 saturated carbocycles. The normalized spacial score (nSPS) is 17.0. The molecular formula is C13H17BrN2O3S. The van der Waals surface area contributed by atoms with Gasteiger partial charge < -0.3 is 10.5 Å². The van der Waals surface area contributed by atoms with Gasteiger partial charge in [0.2, 0.25) is 10.0 Å². The zero-order valence-corrected chi connectivity index (χ0v) is 13.6. The molecule has 0 atom stereocenters. The van der Waals surface area contributed by atoms with Crippen LogP contribution >= 0.6 is 15.9 Å². The van der Waals surface area contributed by atoms with Crippen LogP contribution in [0.2, 0.25) is 0 Å². The van der Waals surface area contributed by atoms with Crippen molar-refractivity contribution in [1.29, 1.82) is 0 Å². The van der Waals surface area contributed by atoms with E-state index in [9.17, 15) is 8.42 Å². The van der Waals surface area contributed by atoms with Crippen LogP contribution in [0.4, 0.5) is 5.69 Å². The molecule has 0 unspecified atom stereocenters. The Morgan fingerprint density at radius 1 is 1.45 bits per heavy atom. The highest BCUT2D eigenvalue weighted by Gasteiger charge is 2.26. The van der Waals surface area contributed by atoms with Gasteiger partial charge in [0.15, 0.2) is 0 Å². The van der Waals surface area contributed by atoms with E-state index in [1.54, 1.807) is 19.2 Å². The summed E-state index contributed by atoms with van der Waals surface area (Å²) in [6.07, 6.45) is 2.61. The molecule has 1 aromatic rings. The largest absolute Gasteiger partial charge is 0.398 e. The molecule has 0 spiro atoms. The first-order valence-corrected chi connectivity index (χ1v) is 8.40. The number of hydrogen-bond donors (Lipinski definition) is 1. The zero-order valence-electron chi connectivity index (χ0n) is 11.2. The molecule has 0 bridgehead atoms. The van der Waals surface area contributed by atoms with Crippen LogP contribution in [-0.2, 0) is 14.8 Å². The summed E-state index contributed by atoms with van der Waals surface area (Å²) in [5, 5.41) is 0. The minimum absolute atomic E-state index is 0.252. The Hall–Kier alpha value is -0.890. The van der Waals surface area contributed by atoms with Crippen LogP contribution in [0.3, 0.4) is 0 Å². The number of sulfonamides is 1. The molecule has 0 amide bonds. The number of anilines is 1. The van der Waals surface area contributed by atoms with E-state index in [4.69, 9.17) is 10.5 Å². The van der Waals surface area contributed by atoms with Crippen molar-refractivity contribution in [2.45, 2.75) is 11.3 Å². The second kappa shape index (κ2) is 6.26. The predicted octanol–water partition coefficient (Wildman–Crippen LogP) is 2.00. The van der Waals surface area contributed by atoms with Gasteiger partial charge in [0.05, 0.1) is 11.5 Å². The molecule has 20 heavy (non-hydrogen) atoms. The molecule has 7 heteroatoms. The molecule has 1 aromatic carbocycles. The van der Waals surface area contributed by atoms with E-state index in [1.807, 2.05) is 6.08 Å². The molecule has 2 rings (SSSR count). The van der Waals surface area contributed by atoms with Crippen LogP contribution in [-0.4, -0.2) is 39.5 Å². The molecule has 110 valence electrons. The van der Waals surface area contributed by atoms with Crippen molar-refractivity contribution in [3.63, 3.8) is 0 Å². The third-order valence-electron chi connectivity index (χ3n) is 3.21. The smallest absolute Gasteiger partial charge is 0.243 e. The Labute approximate surface area is 127 Å². The highest BCUT2D eigenvalue weighted by molar-refractivity contribution is 9.10. The van der Waals surface area contributed by atoms with E-state index < -0.39 is 10.0 Å². The summed E-state index contributed by atoms with van der Waals surface area (Å²) in [6, 6.07) is 4.66. The Balaban J connectivity index is 2.21. The van der Waals surface area contributed by atoms with E-state index in [1.165, 1.54) is 10.4 Å². The third kappa shape index (κ3) is 3.22. The van der Waals surface area contributed by atoms with E-state index in [2.05, 4.69) is 15.9 Å². The van der Waals surface area contributed by atoms with Gasteiger partial charge in [-0.2, -0.15) is 4.31 Å². The molecule has 0 aromatic heterocycles. The summed E-state index contributed by atoms with van der Waals surface area (Å²) >= 11 is 3.26. The fraction of sp³-hybridized carbons (Fsp3) is 0.385. The third-order valence-corrected chi connectivity index (χ3v) is 5.75. The number of nitrogen functional groups attached to an aromatic ring is 1. The lowest BCUT2D eigenvalue weighted by atomic mass is 10.1. The van der Waals surface area contributed by atoms with Crippen molar-refractivity contribution in [3.8, 4) is 0 Å². The maximum Gasteiger partial charge on any atom is 0.243 e. The van der Waals surface area contributed by atoms with Crippen LogP contribution in [0.1, 0.15) is 6.42 Å². The molecule has 2 N–H and O–H groups in total. The quantitative estimate of drug-likeness (QED) is 0.658.